The van der Waals surface area contributed by atoms with Gasteiger partial charge >= 0.3 is 0 Å². The Kier molecular flexibility index (Phi) is 1.34. The van der Waals surface area contributed by atoms with Crippen LogP contribution in [0.3, 0.4) is 0 Å². The molecular weight excluding hydrogens is 164 g/mol. The Hall–Kier alpha value is -0.340. The molecule has 3 aliphatic rings. The fraction of sp³-hybridized carbons (Fsp3) is 0.818. The van der Waals surface area contributed by atoms with Gasteiger partial charge in [0.1, 0.15) is 0 Å². The fourth-order valence-corrected chi connectivity index (χ4v) is 3.73. The quantitative estimate of drug-likeness (QED) is 0.545. The first-order valence-electron chi connectivity index (χ1n) is 5.18. The molecule has 0 saturated heterocycles. The van der Waals surface area contributed by atoms with Crippen LogP contribution in [0.25, 0.3) is 0 Å². The van der Waals surface area contributed by atoms with Crippen LogP contribution in [0.4, 0.5) is 0 Å². The number of allylic oxidation sites excluding steroid dienone is 2. The van der Waals surface area contributed by atoms with Gasteiger partial charge in [-0.25, -0.2) is 0 Å². The summed E-state index contributed by atoms with van der Waals surface area (Å²) in [5.41, 5.74) is -0.835. The van der Waals surface area contributed by atoms with Gasteiger partial charge in [0.05, 0.1) is 11.7 Å². The second kappa shape index (κ2) is 2.18. The molecule has 2 N–H and O–H groups in total. The normalized spacial score (nSPS) is 63.2. The van der Waals surface area contributed by atoms with E-state index < -0.39 is 11.7 Å². The Morgan fingerprint density at radius 2 is 2.00 bits per heavy atom. The number of hydrogen-bond donors (Lipinski definition) is 2. The molecule has 72 valence electrons. The standard InChI is InChI=1S/C11H16O2/c1-11(13)5-8-6-2-3-7(4-6)9(8)10(11)12/h2-3,6-10,12-13H,4-5H2,1H3/t6-,7+,8+,9+,10+,11-/m1/s1. The van der Waals surface area contributed by atoms with Gasteiger partial charge in [0.15, 0.2) is 0 Å². The molecule has 2 bridgehead atoms. The van der Waals surface area contributed by atoms with Crippen molar-refractivity contribution in [1.29, 1.82) is 0 Å². The van der Waals surface area contributed by atoms with Crippen molar-refractivity contribution in [2.75, 3.05) is 0 Å². The van der Waals surface area contributed by atoms with Gasteiger partial charge < -0.3 is 10.2 Å². The first kappa shape index (κ1) is 8.01. The van der Waals surface area contributed by atoms with Crippen LogP contribution >= 0.6 is 0 Å². The highest BCUT2D eigenvalue weighted by Crippen LogP contribution is 2.57. The second-order valence-electron chi connectivity index (χ2n) is 5.20. The second-order valence-corrected chi connectivity index (χ2v) is 5.20. The average Bonchev–Trinajstić information content (AvgIpc) is 2.65. The monoisotopic (exact) mass is 180 g/mol. The van der Waals surface area contributed by atoms with Gasteiger partial charge in [-0.15, -0.1) is 0 Å². The van der Waals surface area contributed by atoms with Crippen LogP contribution in [0.5, 0.6) is 0 Å². The molecule has 2 heteroatoms. The van der Waals surface area contributed by atoms with Gasteiger partial charge in [-0.3, -0.25) is 0 Å². The number of fused-ring (bicyclic) bond motifs is 5. The van der Waals surface area contributed by atoms with Crippen LogP contribution in [0.2, 0.25) is 0 Å². The maximum Gasteiger partial charge on any atom is 0.0883 e. The lowest BCUT2D eigenvalue weighted by Gasteiger charge is -2.26. The minimum atomic E-state index is -0.835. The molecule has 6 atom stereocenters. The van der Waals surface area contributed by atoms with Crippen molar-refractivity contribution in [2.24, 2.45) is 23.7 Å². The molecule has 3 aliphatic carbocycles. The van der Waals surface area contributed by atoms with E-state index in [0.29, 0.717) is 23.7 Å². The number of rotatable bonds is 0. The first-order chi connectivity index (χ1) is 6.09. The Bertz CT molecular complexity index is 269. The summed E-state index contributed by atoms with van der Waals surface area (Å²) in [5, 5.41) is 19.9. The van der Waals surface area contributed by atoms with Crippen LogP contribution in [0, 0.1) is 23.7 Å². The zero-order chi connectivity index (χ0) is 9.22. The van der Waals surface area contributed by atoms with Crippen molar-refractivity contribution in [1.82, 2.24) is 0 Å². The fourth-order valence-electron chi connectivity index (χ4n) is 3.73. The summed E-state index contributed by atoms with van der Waals surface area (Å²) < 4.78 is 0. The van der Waals surface area contributed by atoms with E-state index in [0.717, 1.165) is 6.42 Å². The van der Waals surface area contributed by atoms with Crippen LogP contribution in [0.15, 0.2) is 12.2 Å². The van der Waals surface area contributed by atoms with E-state index in [1.54, 1.807) is 6.92 Å². The van der Waals surface area contributed by atoms with Crippen LogP contribution < -0.4 is 0 Å². The molecule has 3 rings (SSSR count). The van der Waals surface area contributed by atoms with E-state index in [4.69, 9.17) is 0 Å². The summed E-state index contributed by atoms with van der Waals surface area (Å²) in [6.45, 7) is 1.77. The lowest BCUT2D eigenvalue weighted by Crippen LogP contribution is -2.38. The molecule has 0 aliphatic heterocycles. The van der Waals surface area contributed by atoms with Gasteiger partial charge in [-0.2, -0.15) is 0 Å². The molecule has 0 radical (unpaired) electrons. The summed E-state index contributed by atoms with van der Waals surface area (Å²) >= 11 is 0. The van der Waals surface area contributed by atoms with Gasteiger partial charge in [0.25, 0.3) is 0 Å². The van der Waals surface area contributed by atoms with E-state index in [9.17, 15) is 10.2 Å². The van der Waals surface area contributed by atoms with Crippen molar-refractivity contribution in [3.05, 3.63) is 12.2 Å². The van der Waals surface area contributed by atoms with Gasteiger partial charge in [-0.05, 0) is 43.4 Å². The molecule has 0 spiro atoms. The van der Waals surface area contributed by atoms with Crippen LogP contribution in [-0.2, 0) is 0 Å². The average molecular weight is 180 g/mol. The van der Waals surface area contributed by atoms with Crippen LogP contribution in [0.1, 0.15) is 19.8 Å². The Balaban J connectivity index is 1.96. The molecule has 0 unspecified atom stereocenters. The van der Waals surface area contributed by atoms with Crippen molar-refractivity contribution in [2.45, 2.75) is 31.5 Å². The minimum absolute atomic E-state index is 0.338. The summed E-state index contributed by atoms with van der Waals surface area (Å²) in [6, 6.07) is 0. The summed E-state index contributed by atoms with van der Waals surface area (Å²) in [5.74, 6) is 2.06. The smallest absolute Gasteiger partial charge is 0.0883 e. The predicted molar refractivity (Wildman–Crippen MR) is 49.0 cm³/mol. The predicted octanol–water partition coefficient (Wildman–Crippen LogP) is 0.940. The maximum atomic E-state index is 9.97. The molecule has 13 heavy (non-hydrogen) atoms. The SMILES string of the molecule is C[C@@]1(O)C[C@@H]2[C@H]([C@H]3C=C[C@@H]2C3)[C@@H]1O. The van der Waals surface area contributed by atoms with E-state index in [-0.39, 0.29) is 0 Å². The molecule has 0 aromatic rings. The Morgan fingerprint density at radius 1 is 1.31 bits per heavy atom. The van der Waals surface area contributed by atoms with Gasteiger partial charge in [0, 0.05) is 0 Å². The lowest BCUT2D eigenvalue weighted by atomic mass is 9.85. The molecule has 0 aromatic carbocycles. The van der Waals surface area contributed by atoms with E-state index >= 15 is 0 Å². The van der Waals surface area contributed by atoms with Crippen molar-refractivity contribution in [3.8, 4) is 0 Å². The third-order valence-corrected chi connectivity index (χ3v) is 4.34. The summed E-state index contributed by atoms with van der Waals surface area (Å²) in [7, 11) is 0. The highest BCUT2D eigenvalue weighted by atomic mass is 16.3. The molecule has 0 aromatic heterocycles. The lowest BCUT2D eigenvalue weighted by molar-refractivity contribution is -0.0589. The topological polar surface area (TPSA) is 40.5 Å². The highest BCUT2D eigenvalue weighted by Gasteiger charge is 2.58. The highest BCUT2D eigenvalue weighted by molar-refractivity contribution is 5.20. The number of aliphatic hydroxyl groups excluding tert-OH is 1. The van der Waals surface area contributed by atoms with Crippen molar-refractivity contribution < 1.29 is 10.2 Å². The third-order valence-electron chi connectivity index (χ3n) is 4.34. The number of aliphatic hydroxyl groups is 2. The van der Waals surface area contributed by atoms with Crippen LogP contribution in [-0.4, -0.2) is 21.9 Å². The summed E-state index contributed by atoms with van der Waals surface area (Å²) in [4.78, 5) is 0. The van der Waals surface area contributed by atoms with Crippen molar-refractivity contribution in [3.63, 3.8) is 0 Å². The summed E-state index contributed by atoms with van der Waals surface area (Å²) in [6.07, 6.45) is 6.00. The first-order valence-corrected chi connectivity index (χ1v) is 5.18. The van der Waals surface area contributed by atoms with Crippen molar-refractivity contribution >= 4 is 0 Å². The number of hydrogen-bond acceptors (Lipinski definition) is 2. The molecule has 0 amide bonds. The molecule has 2 fully saturated rings. The third kappa shape index (κ3) is 0.856. The largest absolute Gasteiger partial charge is 0.390 e. The van der Waals surface area contributed by atoms with E-state index in [1.807, 2.05) is 0 Å². The zero-order valence-corrected chi connectivity index (χ0v) is 7.85. The van der Waals surface area contributed by atoms with Gasteiger partial charge in [-0.1, -0.05) is 12.2 Å². The van der Waals surface area contributed by atoms with Gasteiger partial charge in [0.2, 0.25) is 0 Å². The molecule has 0 heterocycles. The Labute approximate surface area is 78.3 Å². The molecule has 2 saturated carbocycles. The molecular formula is C11H16O2. The van der Waals surface area contributed by atoms with E-state index in [1.165, 1.54) is 6.42 Å². The van der Waals surface area contributed by atoms with E-state index in [2.05, 4.69) is 12.2 Å². The molecule has 2 nitrogen and oxygen atoms in total. The Morgan fingerprint density at radius 3 is 2.69 bits per heavy atom. The maximum absolute atomic E-state index is 9.97. The zero-order valence-electron chi connectivity index (χ0n) is 7.85. The minimum Gasteiger partial charge on any atom is -0.390 e.